The first-order valence-electron chi connectivity index (χ1n) is 1.23. The maximum Gasteiger partial charge on any atom is 0.120 e. The van der Waals surface area contributed by atoms with E-state index >= 15 is 0 Å². The largest absolute Gasteiger partial charge is 0.383 e. The predicted molar refractivity (Wildman–Crippen MR) is 15.8 cm³/mol. The van der Waals surface area contributed by atoms with Crippen LogP contribution in [0.3, 0.4) is 0 Å². The van der Waals surface area contributed by atoms with Gasteiger partial charge < -0.3 is 5.11 Å². The molecule has 0 bridgehead atoms. The first-order valence-corrected chi connectivity index (χ1v) is 1.43. The molecule has 0 spiro atoms. The van der Waals surface area contributed by atoms with E-state index in [1.54, 1.807) is 0 Å². The van der Waals surface area contributed by atoms with Gasteiger partial charge in [-0.05, 0) is 0 Å². The Hall–Kier alpha value is 0.240. The van der Waals surface area contributed by atoms with Crippen LogP contribution in [0.2, 0.25) is 0 Å². The summed E-state index contributed by atoms with van der Waals surface area (Å²) in [6, 6.07) is 0. The summed E-state index contributed by atoms with van der Waals surface area (Å²) in [6.45, 7) is 0. The second-order valence-electron chi connectivity index (χ2n) is 0.194. The van der Waals surface area contributed by atoms with Crippen molar-refractivity contribution in [3.05, 3.63) is 0 Å². The van der Waals surface area contributed by atoms with Crippen LogP contribution in [0.15, 0.2) is 0 Å². The van der Waals surface area contributed by atoms with Crippen molar-refractivity contribution >= 4 is 12.1 Å². The molecule has 1 N–H and O–H groups in total. The minimum Gasteiger partial charge on any atom is -0.383 e. The minimum atomic E-state index is -1.62. The lowest BCUT2D eigenvalue weighted by Crippen LogP contribution is -1.57. The molecule has 0 aromatic carbocycles. The number of rotatable bonds is 1. The quantitative estimate of drug-likeness (QED) is 0.467. The summed E-state index contributed by atoms with van der Waals surface area (Å²) in [6.07, 6.45) is 0. The molecule has 0 aliphatic heterocycles. The third-order valence-corrected chi connectivity index (χ3v) is 0.120. The van der Waals surface area contributed by atoms with Crippen LogP contribution in [0.25, 0.3) is 0 Å². The Morgan fingerprint density at radius 2 is 2.75 bits per heavy atom. The number of hydrogen-bond donors (Lipinski definition) is 1. The van der Waals surface area contributed by atoms with Gasteiger partial charge in [-0.1, -0.05) is 0 Å². The zero-order chi connectivity index (χ0) is 4.28. The van der Waals surface area contributed by atoms with E-state index in [-0.39, 0.29) is 0 Å². The first-order chi connectivity index (χ1) is 2.27. The summed E-state index contributed by atoms with van der Waals surface area (Å²) < 4.78 is 16.6. The Morgan fingerprint density at radius 1 is 2.50 bits per heavy atom. The molecule has 0 rings (SSSR count). The molecule has 3 heteroatoms. The van der Waals surface area contributed by atoms with E-state index in [0.29, 0.717) is 0 Å². The van der Waals surface area contributed by atoms with E-state index in [1.165, 1.54) is 0 Å². The van der Waals surface area contributed by atoms with Gasteiger partial charge in [-0.3, -0.25) is 0 Å². The molecule has 0 aliphatic carbocycles. The average molecular weight is 83.1 g/mol. The Balaban J connectivity index is 2.54. The van der Waals surface area contributed by atoms with E-state index in [2.05, 4.69) is 0 Å². The van der Waals surface area contributed by atoms with Crippen LogP contribution >= 0.6 is 12.1 Å². The molecule has 0 amide bonds. The lowest BCUT2D eigenvalue weighted by Gasteiger charge is -1.64. The molecule has 0 fully saturated rings. The molecule has 0 heterocycles. The molecule has 0 aromatic heterocycles. The van der Waals surface area contributed by atoms with Crippen LogP contribution in [0.1, 0.15) is 1.37 Å². The van der Waals surface area contributed by atoms with Crippen molar-refractivity contribution in [2.75, 3.05) is 5.91 Å². The van der Waals surface area contributed by atoms with E-state index in [1.807, 2.05) is 0 Å². The fourth-order valence-corrected chi connectivity index (χ4v) is 0. The normalized spacial score (nSPS) is 19.0. The van der Waals surface area contributed by atoms with Crippen molar-refractivity contribution in [2.24, 2.45) is 0 Å². The van der Waals surface area contributed by atoms with Crippen LogP contribution in [0.4, 0.5) is 3.89 Å². The van der Waals surface area contributed by atoms with E-state index in [0.717, 1.165) is 0 Å². The van der Waals surface area contributed by atoms with Crippen LogP contribution in [-0.4, -0.2) is 11.0 Å². The Labute approximate surface area is 29.5 Å². The van der Waals surface area contributed by atoms with Gasteiger partial charge in [0.1, 0.15) is 5.91 Å². The smallest absolute Gasteiger partial charge is 0.120 e. The highest BCUT2D eigenvalue weighted by Crippen LogP contribution is 1.92. The van der Waals surface area contributed by atoms with Crippen molar-refractivity contribution in [1.82, 2.24) is 0 Å². The van der Waals surface area contributed by atoms with Gasteiger partial charge in [-0.25, -0.2) is 0 Å². The van der Waals surface area contributed by atoms with Crippen molar-refractivity contribution in [1.29, 1.82) is 0 Å². The van der Waals surface area contributed by atoms with Crippen LogP contribution in [0, 0.1) is 0 Å². The second-order valence-corrected chi connectivity index (χ2v) is 0.583. The zero-order valence-electron chi connectivity index (χ0n) is 2.81. The molecule has 0 aliphatic rings. The number of aliphatic hydroxyl groups is 1. The van der Waals surface area contributed by atoms with Gasteiger partial charge in [-0.2, -0.15) is 3.89 Å². The minimum absolute atomic E-state index is 0.398. The molecule has 0 saturated carbocycles. The SMILES string of the molecule is [2H]C(O)SF. The predicted octanol–water partition coefficient (Wildman–Crippen LogP) is 0.554. The van der Waals surface area contributed by atoms with Crippen molar-refractivity contribution < 1.29 is 10.4 Å². The average Bonchev–Trinajstić information content (AvgIpc) is 1.38. The number of halogens is 1. The summed E-state index contributed by atoms with van der Waals surface area (Å²) in [7, 11) is 0. The summed E-state index contributed by atoms with van der Waals surface area (Å²) in [5.74, 6) is -1.62. The maximum atomic E-state index is 10.6. The van der Waals surface area contributed by atoms with Gasteiger partial charge in [0.15, 0.2) is 0 Å². The van der Waals surface area contributed by atoms with E-state index in [4.69, 9.17) is 6.48 Å². The molecular weight excluding hydrogens is 79.1 g/mol. The molecule has 1 atom stereocenters. The highest BCUT2D eigenvalue weighted by Gasteiger charge is 1.63. The van der Waals surface area contributed by atoms with E-state index in [9.17, 15) is 3.89 Å². The Kier molecular flexibility index (Phi) is 2.01. The molecule has 26 valence electrons. The molecule has 0 aromatic rings. The monoisotopic (exact) mass is 83.0 g/mol. The standard InChI is InChI=1S/CH3FOS/c2-4-1-3/h3H,1H2/i1D. The first kappa shape index (κ1) is 2.48. The van der Waals surface area contributed by atoms with E-state index < -0.39 is 18.1 Å². The summed E-state index contributed by atoms with van der Waals surface area (Å²) >= 11 is -0.398. The highest BCUT2D eigenvalue weighted by molar-refractivity contribution is 7.94. The van der Waals surface area contributed by atoms with Gasteiger partial charge in [0.05, 0.1) is 13.5 Å². The maximum absolute atomic E-state index is 10.6. The van der Waals surface area contributed by atoms with Gasteiger partial charge >= 0.3 is 0 Å². The van der Waals surface area contributed by atoms with Crippen LogP contribution < -0.4 is 0 Å². The molecule has 0 radical (unpaired) electrons. The highest BCUT2D eigenvalue weighted by atomic mass is 32.2. The molecular formula is CH3FOS. The molecule has 1 nitrogen and oxygen atoms in total. The third-order valence-electron chi connectivity index (χ3n) is 0.0398. The molecule has 0 saturated heterocycles. The third kappa shape index (κ3) is 2.24. The lowest BCUT2D eigenvalue weighted by molar-refractivity contribution is 0.372. The Bertz CT molecular complexity index is 25.6. The van der Waals surface area contributed by atoms with Crippen molar-refractivity contribution in [2.45, 2.75) is 0 Å². The van der Waals surface area contributed by atoms with Gasteiger partial charge in [0.25, 0.3) is 0 Å². The Morgan fingerprint density at radius 3 is 2.75 bits per heavy atom. The van der Waals surface area contributed by atoms with Crippen LogP contribution in [0.5, 0.6) is 0 Å². The zero-order valence-corrected chi connectivity index (χ0v) is 2.63. The fourth-order valence-electron chi connectivity index (χ4n) is 0. The second kappa shape index (κ2) is 3.24. The summed E-state index contributed by atoms with van der Waals surface area (Å²) in [5, 5.41) is 7.62. The van der Waals surface area contributed by atoms with Crippen LogP contribution in [-0.2, 0) is 0 Å². The number of hydrogen-bond acceptors (Lipinski definition) is 2. The topological polar surface area (TPSA) is 20.2 Å². The van der Waals surface area contributed by atoms with Crippen molar-refractivity contribution in [3.8, 4) is 0 Å². The summed E-state index contributed by atoms with van der Waals surface area (Å²) in [4.78, 5) is 0. The summed E-state index contributed by atoms with van der Waals surface area (Å²) in [5.41, 5.74) is 0. The lowest BCUT2D eigenvalue weighted by atomic mass is 11.7. The van der Waals surface area contributed by atoms with Gasteiger partial charge in [0.2, 0.25) is 0 Å². The molecule has 1 unspecified atom stereocenters. The molecule has 4 heavy (non-hydrogen) atoms. The van der Waals surface area contributed by atoms with Crippen molar-refractivity contribution in [3.63, 3.8) is 0 Å². The fraction of sp³-hybridized carbons (Fsp3) is 1.00. The van der Waals surface area contributed by atoms with Gasteiger partial charge in [-0.15, -0.1) is 0 Å². The number of aliphatic hydroxyl groups excluding tert-OH is 1. The van der Waals surface area contributed by atoms with Gasteiger partial charge in [0, 0.05) is 0 Å².